The van der Waals surface area contributed by atoms with Crippen molar-refractivity contribution in [2.45, 2.75) is 20.4 Å². The van der Waals surface area contributed by atoms with Crippen LogP contribution in [0.4, 0.5) is 0 Å². The lowest BCUT2D eigenvalue weighted by atomic mass is 10.3. The van der Waals surface area contributed by atoms with Gasteiger partial charge in [-0.05, 0) is 25.1 Å². The number of pyridine rings is 1. The number of nitrogens with zero attached hydrogens (tertiary/aromatic N) is 3. The molecule has 14 heavy (non-hydrogen) atoms. The summed E-state index contributed by atoms with van der Waals surface area (Å²) in [5.74, 6) is 0.848. The quantitative estimate of drug-likeness (QED) is 0.789. The van der Waals surface area contributed by atoms with E-state index < -0.39 is 0 Å². The summed E-state index contributed by atoms with van der Waals surface area (Å²) in [4.78, 5) is 4.44. The maximum atomic E-state index is 4.44. The summed E-state index contributed by atoms with van der Waals surface area (Å²) >= 11 is 0. The molecule has 0 radical (unpaired) electrons. The lowest BCUT2D eigenvalue weighted by molar-refractivity contribution is 0.688. The minimum atomic E-state index is 0.734. The van der Waals surface area contributed by atoms with Crippen LogP contribution < -0.4 is 5.32 Å². The van der Waals surface area contributed by atoms with Crippen molar-refractivity contribution in [2.24, 2.45) is 0 Å². The molecule has 0 saturated carbocycles. The molecule has 74 valence electrons. The molecule has 0 aromatic carbocycles. The number of rotatable bonds is 3. The van der Waals surface area contributed by atoms with Crippen LogP contribution in [0.15, 0.2) is 18.3 Å². The van der Waals surface area contributed by atoms with Gasteiger partial charge in [0.05, 0.1) is 6.54 Å². The van der Waals surface area contributed by atoms with Crippen LogP contribution in [0.5, 0.6) is 0 Å². The first-order valence-electron chi connectivity index (χ1n) is 4.83. The van der Waals surface area contributed by atoms with Gasteiger partial charge in [0.1, 0.15) is 0 Å². The molecule has 4 nitrogen and oxygen atoms in total. The zero-order valence-corrected chi connectivity index (χ0v) is 8.49. The first kappa shape index (κ1) is 9.15. The summed E-state index contributed by atoms with van der Waals surface area (Å²) in [5, 5.41) is 7.56. The Hall–Kier alpha value is -1.42. The zero-order chi connectivity index (χ0) is 9.97. The van der Waals surface area contributed by atoms with E-state index in [9.17, 15) is 0 Å². The lowest BCUT2D eigenvalue weighted by Gasteiger charge is -1.92. The smallest absolute Gasteiger partial charge is 0.165 e. The Balaban J connectivity index is 2.36. The fraction of sp³-hybridized carbons (Fsp3) is 0.400. The first-order chi connectivity index (χ1) is 6.81. The second kappa shape index (κ2) is 3.75. The van der Waals surface area contributed by atoms with Gasteiger partial charge in [-0.1, -0.05) is 13.0 Å². The molecule has 0 amide bonds. The number of hydrogen-bond donors (Lipinski definition) is 1. The van der Waals surface area contributed by atoms with Crippen LogP contribution in [0.25, 0.3) is 5.65 Å². The minimum absolute atomic E-state index is 0.734. The van der Waals surface area contributed by atoms with Crippen molar-refractivity contribution >= 4 is 5.65 Å². The van der Waals surface area contributed by atoms with Gasteiger partial charge in [-0.25, -0.2) is 9.50 Å². The monoisotopic (exact) mass is 190 g/mol. The van der Waals surface area contributed by atoms with Crippen molar-refractivity contribution in [3.05, 3.63) is 29.7 Å². The summed E-state index contributed by atoms with van der Waals surface area (Å²) in [6.45, 7) is 5.79. The molecule has 0 aliphatic heterocycles. The molecule has 2 aromatic heterocycles. The normalized spacial score (nSPS) is 11.0. The maximum Gasteiger partial charge on any atom is 0.165 e. The first-order valence-corrected chi connectivity index (χ1v) is 4.83. The molecular weight excluding hydrogens is 176 g/mol. The summed E-state index contributed by atoms with van der Waals surface area (Å²) in [7, 11) is 0. The Morgan fingerprint density at radius 1 is 1.50 bits per heavy atom. The van der Waals surface area contributed by atoms with Gasteiger partial charge in [0.15, 0.2) is 11.5 Å². The van der Waals surface area contributed by atoms with Crippen molar-refractivity contribution in [3.63, 3.8) is 0 Å². The van der Waals surface area contributed by atoms with Crippen molar-refractivity contribution in [1.29, 1.82) is 0 Å². The Bertz CT molecular complexity index is 433. The van der Waals surface area contributed by atoms with E-state index in [2.05, 4.69) is 22.3 Å². The average Bonchev–Trinajstić information content (AvgIpc) is 2.59. The molecular formula is C10H14N4. The van der Waals surface area contributed by atoms with E-state index in [4.69, 9.17) is 0 Å². The third-order valence-corrected chi connectivity index (χ3v) is 2.13. The molecule has 0 aliphatic rings. The summed E-state index contributed by atoms with van der Waals surface area (Å²) in [6, 6.07) is 4.02. The Morgan fingerprint density at radius 2 is 2.36 bits per heavy atom. The van der Waals surface area contributed by atoms with Gasteiger partial charge in [0.25, 0.3) is 0 Å². The Morgan fingerprint density at radius 3 is 3.07 bits per heavy atom. The summed E-state index contributed by atoms with van der Waals surface area (Å²) in [6.07, 6.45) is 1.92. The molecule has 0 spiro atoms. The van der Waals surface area contributed by atoms with E-state index in [1.807, 2.05) is 29.8 Å². The molecule has 0 atom stereocenters. The topological polar surface area (TPSA) is 42.2 Å². The van der Waals surface area contributed by atoms with Gasteiger partial charge in [0.2, 0.25) is 0 Å². The third kappa shape index (κ3) is 1.61. The van der Waals surface area contributed by atoms with E-state index in [0.29, 0.717) is 0 Å². The number of hydrogen-bond acceptors (Lipinski definition) is 3. The highest BCUT2D eigenvalue weighted by molar-refractivity contribution is 5.45. The van der Waals surface area contributed by atoms with Crippen LogP contribution in [0.2, 0.25) is 0 Å². The molecule has 0 fully saturated rings. The maximum absolute atomic E-state index is 4.44. The van der Waals surface area contributed by atoms with E-state index >= 15 is 0 Å². The lowest BCUT2D eigenvalue weighted by Crippen LogP contribution is -2.12. The predicted octanol–water partition coefficient (Wildman–Crippen LogP) is 1.15. The molecule has 0 bridgehead atoms. The second-order valence-electron chi connectivity index (χ2n) is 3.27. The van der Waals surface area contributed by atoms with Gasteiger partial charge in [-0.2, -0.15) is 0 Å². The highest BCUT2D eigenvalue weighted by Gasteiger charge is 2.03. The van der Waals surface area contributed by atoms with Gasteiger partial charge >= 0.3 is 0 Å². The largest absolute Gasteiger partial charge is 0.310 e. The standard InChI is InChI=1S/C10H14N4/c1-3-11-7-9-12-10-8(2)5-4-6-14(10)13-9/h4-6,11H,3,7H2,1-2H3. The Kier molecular flexibility index (Phi) is 2.45. The van der Waals surface area contributed by atoms with Gasteiger partial charge in [-0.3, -0.25) is 0 Å². The number of nitrogens with one attached hydrogen (secondary N) is 1. The van der Waals surface area contributed by atoms with Crippen LogP contribution in [-0.2, 0) is 6.54 Å². The molecule has 0 aliphatic carbocycles. The average molecular weight is 190 g/mol. The van der Waals surface area contributed by atoms with Crippen LogP contribution >= 0.6 is 0 Å². The van der Waals surface area contributed by atoms with Crippen molar-refractivity contribution < 1.29 is 0 Å². The third-order valence-electron chi connectivity index (χ3n) is 2.13. The van der Waals surface area contributed by atoms with Crippen LogP contribution in [-0.4, -0.2) is 21.1 Å². The number of fused-ring (bicyclic) bond motifs is 1. The molecule has 0 saturated heterocycles. The molecule has 2 aromatic rings. The van der Waals surface area contributed by atoms with E-state index in [-0.39, 0.29) is 0 Å². The summed E-state index contributed by atoms with van der Waals surface area (Å²) < 4.78 is 1.82. The van der Waals surface area contributed by atoms with Crippen LogP contribution in [0.3, 0.4) is 0 Å². The van der Waals surface area contributed by atoms with E-state index in [1.165, 1.54) is 0 Å². The molecule has 4 heteroatoms. The fourth-order valence-electron chi connectivity index (χ4n) is 1.40. The van der Waals surface area contributed by atoms with Gasteiger partial charge in [0, 0.05) is 6.20 Å². The predicted molar refractivity (Wildman–Crippen MR) is 55.1 cm³/mol. The van der Waals surface area contributed by atoms with Crippen molar-refractivity contribution in [3.8, 4) is 0 Å². The zero-order valence-electron chi connectivity index (χ0n) is 8.49. The number of aromatic nitrogens is 3. The van der Waals surface area contributed by atoms with E-state index in [0.717, 1.165) is 30.1 Å². The second-order valence-corrected chi connectivity index (χ2v) is 3.27. The summed E-state index contributed by atoms with van der Waals surface area (Å²) in [5.41, 5.74) is 2.10. The molecule has 1 N–H and O–H groups in total. The SMILES string of the molecule is CCNCc1nc2c(C)cccn2n1. The van der Waals surface area contributed by atoms with Crippen molar-refractivity contribution in [2.75, 3.05) is 6.54 Å². The van der Waals surface area contributed by atoms with Crippen LogP contribution in [0, 0.1) is 6.92 Å². The van der Waals surface area contributed by atoms with Gasteiger partial charge in [-0.15, -0.1) is 5.10 Å². The van der Waals surface area contributed by atoms with Gasteiger partial charge < -0.3 is 5.32 Å². The minimum Gasteiger partial charge on any atom is -0.310 e. The van der Waals surface area contributed by atoms with Crippen LogP contribution in [0.1, 0.15) is 18.3 Å². The van der Waals surface area contributed by atoms with E-state index in [1.54, 1.807) is 0 Å². The van der Waals surface area contributed by atoms with Crippen molar-refractivity contribution in [1.82, 2.24) is 19.9 Å². The molecule has 2 rings (SSSR count). The number of aryl methyl sites for hydroxylation is 1. The highest BCUT2D eigenvalue weighted by atomic mass is 15.3. The molecule has 0 unspecified atom stereocenters. The Labute approximate surface area is 83.0 Å². The fourth-order valence-corrected chi connectivity index (χ4v) is 1.40. The molecule has 2 heterocycles. The highest BCUT2D eigenvalue weighted by Crippen LogP contribution is 2.06.